The van der Waals surface area contributed by atoms with Crippen LogP contribution in [-0.4, -0.2) is 20.8 Å². The van der Waals surface area contributed by atoms with E-state index in [1.807, 2.05) is 0 Å². The maximum Gasteiger partial charge on any atom is 0.288 e. The molecule has 0 saturated heterocycles. The minimum absolute atomic E-state index is 0.0599. The Morgan fingerprint density at radius 1 is 1.40 bits per heavy atom. The van der Waals surface area contributed by atoms with Gasteiger partial charge < -0.3 is 5.32 Å². The van der Waals surface area contributed by atoms with Crippen LogP contribution in [0.15, 0.2) is 30.6 Å². The second-order valence-corrected chi connectivity index (χ2v) is 4.29. The van der Waals surface area contributed by atoms with E-state index in [1.165, 1.54) is 6.20 Å². The molecule has 0 unspecified atom stereocenters. The van der Waals surface area contributed by atoms with Crippen LogP contribution in [0, 0.1) is 17.0 Å². The van der Waals surface area contributed by atoms with Crippen LogP contribution >= 0.6 is 11.6 Å². The van der Waals surface area contributed by atoms with Crippen LogP contribution in [0.3, 0.4) is 0 Å². The van der Waals surface area contributed by atoms with Gasteiger partial charge in [-0.3, -0.25) is 19.9 Å². The number of hydrogen-bond donors (Lipinski definition) is 1. The average Bonchev–Trinajstić information content (AvgIpc) is 2.38. The van der Waals surface area contributed by atoms with Crippen molar-refractivity contribution in [3.8, 4) is 0 Å². The second-order valence-electron chi connectivity index (χ2n) is 3.93. The Labute approximate surface area is 118 Å². The summed E-state index contributed by atoms with van der Waals surface area (Å²) in [6, 6.07) is 4.35. The summed E-state index contributed by atoms with van der Waals surface area (Å²) >= 11 is 5.79. The molecule has 2 heterocycles. The zero-order valence-corrected chi connectivity index (χ0v) is 11.1. The molecule has 0 bridgehead atoms. The van der Waals surface area contributed by atoms with E-state index in [0.717, 1.165) is 18.0 Å². The fourth-order valence-corrected chi connectivity index (χ4v) is 1.71. The molecule has 0 aliphatic rings. The van der Waals surface area contributed by atoms with Gasteiger partial charge >= 0.3 is 0 Å². The average molecular weight is 293 g/mol. The summed E-state index contributed by atoms with van der Waals surface area (Å²) in [4.78, 5) is 29.7. The largest absolute Gasteiger partial charge is 0.322 e. The van der Waals surface area contributed by atoms with E-state index in [4.69, 9.17) is 11.6 Å². The molecule has 2 aromatic rings. The number of carbonyl (C=O) groups is 1. The second kappa shape index (κ2) is 5.62. The number of hydrogen-bond acceptors (Lipinski definition) is 5. The molecule has 2 rings (SSSR count). The van der Waals surface area contributed by atoms with E-state index < -0.39 is 10.8 Å². The molecule has 0 aromatic carbocycles. The molecule has 8 heteroatoms. The standard InChI is InChI=1S/C12H9ClN4O3/c1-7-4-8(2-3-14-7)16-12(18)10-5-9(17(19)20)6-15-11(10)13/h2-6H,1H3,(H,14,16,18). The van der Waals surface area contributed by atoms with Crippen LogP contribution in [-0.2, 0) is 0 Å². The van der Waals surface area contributed by atoms with Crippen molar-refractivity contribution in [3.63, 3.8) is 0 Å². The molecule has 0 aliphatic carbocycles. The van der Waals surface area contributed by atoms with Crippen molar-refractivity contribution in [2.45, 2.75) is 6.92 Å². The number of amides is 1. The Morgan fingerprint density at radius 2 is 2.15 bits per heavy atom. The van der Waals surface area contributed by atoms with Crippen molar-refractivity contribution in [2.24, 2.45) is 0 Å². The third-order valence-electron chi connectivity index (χ3n) is 2.43. The first kappa shape index (κ1) is 13.9. The summed E-state index contributed by atoms with van der Waals surface area (Å²) in [5.74, 6) is -0.572. The normalized spacial score (nSPS) is 10.1. The molecular formula is C12H9ClN4O3. The van der Waals surface area contributed by atoms with E-state index in [0.29, 0.717) is 5.69 Å². The van der Waals surface area contributed by atoms with Gasteiger partial charge in [-0.15, -0.1) is 0 Å². The Hall–Kier alpha value is -2.54. The Morgan fingerprint density at radius 3 is 2.80 bits per heavy atom. The minimum atomic E-state index is -0.642. The summed E-state index contributed by atoms with van der Waals surface area (Å²) in [7, 11) is 0. The van der Waals surface area contributed by atoms with Crippen LogP contribution < -0.4 is 5.32 Å². The van der Waals surface area contributed by atoms with Crippen molar-refractivity contribution < 1.29 is 9.72 Å². The Bertz CT molecular complexity index is 690. The highest BCUT2D eigenvalue weighted by Gasteiger charge is 2.17. The van der Waals surface area contributed by atoms with Gasteiger partial charge in [0.1, 0.15) is 11.3 Å². The first-order valence-electron chi connectivity index (χ1n) is 5.51. The molecule has 0 fully saturated rings. The van der Waals surface area contributed by atoms with Crippen molar-refractivity contribution in [1.82, 2.24) is 9.97 Å². The van der Waals surface area contributed by atoms with Crippen molar-refractivity contribution in [2.75, 3.05) is 5.32 Å². The highest BCUT2D eigenvalue weighted by Crippen LogP contribution is 2.20. The maximum absolute atomic E-state index is 12.0. The number of nitrogens with one attached hydrogen (secondary N) is 1. The molecule has 1 amide bonds. The van der Waals surface area contributed by atoms with Gasteiger partial charge in [0.2, 0.25) is 0 Å². The fourth-order valence-electron chi connectivity index (χ4n) is 1.52. The van der Waals surface area contributed by atoms with Crippen molar-refractivity contribution in [3.05, 3.63) is 57.1 Å². The van der Waals surface area contributed by atoms with Crippen LogP contribution in [0.5, 0.6) is 0 Å². The lowest BCUT2D eigenvalue weighted by Crippen LogP contribution is -2.13. The van der Waals surface area contributed by atoms with E-state index in [2.05, 4.69) is 15.3 Å². The Balaban J connectivity index is 2.29. The van der Waals surface area contributed by atoms with Gasteiger partial charge in [0.05, 0.1) is 10.5 Å². The molecule has 1 N–H and O–H groups in total. The topological polar surface area (TPSA) is 98.0 Å². The maximum atomic E-state index is 12.0. The fraction of sp³-hybridized carbons (Fsp3) is 0.0833. The quantitative estimate of drug-likeness (QED) is 0.532. The lowest BCUT2D eigenvalue weighted by Gasteiger charge is -2.06. The van der Waals surface area contributed by atoms with Crippen LogP contribution in [0.4, 0.5) is 11.4 Å². The number of carbonyl (C=O) groups excluding carboxylic acids is 1. The number of nitro groups is 1. The molecule has 20 heavy (non-hydrogen) atoms. The smallest absolute Gasteiger partial charge is 0.288 e. The summed E-state index contributed by atoms with van der Waals surface area (Å²) in [6.07, 6.45) is 2.54. The number of nitrogens with zero attached hydrogens (tertiary/aromatic N) is 3. The number of pyridine rings is 2. The predicted molar refractivity (Wildman–Crippen MR) is 72.8 cm³/mol. The van der Waals surface area contributed by atoms with Gasteiger partial charge in [-0.2, -0.15) is 0 Å². The van der Waals surface area contributed by atoms with E-state index >= 15 is 0 Å². The van der Waals surface area contributed by atoms with Gasteiger partial charge in [0, 0.05) is 23.6 Å². The SMILES string of the molecule is Cc1cc(NC(=O)c2cc([N+](=O)[O-])cnc2Cl)ccn1. The van der Waals surface area contributed by atoms with Gasteiger partial charge in [-0.1, -0.05) is 11.6 Å². The molecule has 2 aromatic heterocycles. The van der Waals surface area contributed by atoms with Gasteiger partial charge in [0.25, 0.3) is 11.6 Å². The molecule has 102 valence electrons. The molecule has 0 atom stereocenters. The van der Waals surface area contributed by atoms with Crippen LogP contribution in [0.2, 0.25) is 5.15 Å². The number of halogens is 1. The van der Waals surface area contributed by atoms with E-state index in [1.54, 1.807) is 19.1 Å². The summed E-state index contributed by atoms with van der Waals surface area (Å²) in [6.45, 7) is 1.78. The van der Waals surface area contributed by atoms with Crippen molar-refractivity contribution in [1.29, 1.82) is 0 Å². The molecule has 7 nitrogen and oxygen atoms in total. The Kier molecular flexibility index (Phi) is 3.90. The van der Waals surface area contributed by atoms with Gasteiger partial charge in [-0.05, 0) is 19.1 Å². The number of aryl methyl sites for hydroxylation is 1. The van der Waals surface area contributed by atoms with Crippen LogP contribution in [0.1, 0.15) is 16.1 Å². The molecule has 0 saturated carbocycles. The lowest BCUT2D eigenvalue weighted by molar-refractivity contribution is -0.385. The molecule has 0 radical (unpaired) electrons. The minimum Gasteiger partial charge on any atom is -0.322 e. The zero-order chi connectivity index (χ0) is 14.7. The highest BCUT2D eigenvalue weighted by molar-refractivity contribution is 6.33. The molecule has 0 spiro atoms. The molecule has 0 aliphatic heterocycles. The van der Waals surface area contributed by atoms with E-state index in [9.17, 15) is 14.9 Å². The number of anilines is 1. The molecular weight excluding hydrogens is 284 g/mol. The van der Waals surface area contributed by atoms with Gasteiger partial charge in [0.15, 0.2) is 0 Å². The first-order chi connectivity index (χ1) is 9.47. The number of rotatable bonds is 3. The lowest BCUT2D eigenvalue weighted by atomic mass is 10.2. The summed E-state index contributed by atoms with van der Waals surface area (Å²) in [5, 5.41) is 13.2. The monoisotopic (exact) mass is 292 g/mol. The van der Waals surface area contributed by atoms with E-state index in [-0.39, 0.29) is 16.4 Å². The third kappa shape index (κ3) is 3.07. The van der Waals surface area contributed by atoms with Crippen molar-refractivity contribution >= 4 is 28.9 Å². The highest BCUT2D eigenvalue weighted by atomic mass is 35.5. The summed E-state index contributed by atoms with van der Waals surface area (Å²) in [5.41, 5.74) is 0.886. The van der Waals surface area contributed by atoms with Crippen LogP contribution in [0.25, 0.3) is 0 Å². The first-order valence-corrected chi connectivity index (χ1v) is 5.89. The number of aromatic nitrogens is 2. The zero-order valence-electron chi connectivity index (χ0n) is 10.3. The van der Waals surface area contributed by atoms with Gasteiger partial charge in [-0.25, -0.2) is 4.98 Å². The predicted octanol–water partition coefficient (Wildman–Crippen LogP) is 2.60. The summed E-state index contributed by atoms with van der Waals surface area (Å²) < 4.78 is 0. The third-order valence-corrected chi connectivity index (χ3v) is 2.74.